The van der Waals surface area contributed by atoms with Gasteiger partial charge in [0.15, 0.2) is 5.82 Å². The maximum Gasteiger partial charge on any atom is 0.157 e. The molecule has 2 aromatic rings. The number of aromatic nitrogens is 2. The van der Waals surface area contributed by atoms with Crippen LogP contribution in [0.15, 0.2) is 30.3 Å². The van der Waals surface area contributed by atoms with Gasteiger partial charge in [-0.1, -0.05) is 24.3 Å². The number of methoxy groups -OCH3 is 1. The van der Waals surface area contributed by atoms with Crippen molar-refractivity contribution in [3.8, 4) is 11.3 Å². The summed E-state index contributed by atoms with van der Waals surface area (Å²) in [6.45, 7) is 5.38. The maximum atomic E-state index is 5.13. The third kappa shape index (κ3) is 3.29. The molecule has 4 heteroatoms. The lowest BCUT2D eigenvalue weighted by molar-refractivity contribution is 0.178. The van der Waals surface area contributed by atoms with Gasteiger partial charge in [0.2, 0.25) is 0 Å². The average molecular weight is 257 g/mol. The monoisotopic (exact) mass is 257 g/mol. The number of anilines is 1. The van der Waals surface area contributed by atoms with E-state index in [2.05, 4.69) is 34.3 Å². The number of aryl methyl sites for hydroxylation is 1. The Hall–Kier alpha value is -1.94. The molecule has 4 nitrogen and oxygen atoms in total. The Balaban J connectivity index is 2.46. The lowest BCUT2D eigenvalue weighted by Gasteiger charge is -2.10. The molecule has 0 aliphatic rings. The lowest BCUT2D eigenvalue weighted by atomic mass is 10.1. The Labute approximate surface area is 113 Å². The quantitative estimate of drug-likeness (QED) is 0.894. The summed E-state index contributed by atoms with van der Waals surface area (Å²) in [5.41, 5.74) is 3.25. The minimum absolute atomic E-state index is 0.415. The zero-order valence-electron chi connectivity index (χ0n) is 11.6. The van der Waals surface area contributed by atoms with Gasteiger partial charge in [0, 0.05) is 25.3 Å². The molecular weight excluding hydrogens is 238 g/mol. The van der Waals surface area contributed by atoms with Crippen molar-refractivity contribution in [3.63, 3.8) is 0 Å². The first-order valence-electron chi connectivity index (χ1n) is 6.41. The summed E-state index contributed by atoms with van der Waals surface area (Å²) in [6.07, 6.45) is 0. The normalized spacial score (nSPS) is 10.5. The van der Waals surface area contributed by atoms with E-state index >= 15 is 0 Å². The predicted molar refractivity (Wildman–Crippen MR) is 77.1 cm³/mol. The molecule has 0 aliphatic carbocycles. The smallest absolute Gasteiger partial charge is 0.157 e. The second-order valence-corrected chi connectivity index (χ2v) is 4.33. The van der Waals surface area contributed by atoms with Crippen molar-refractivity contribution < 1.29 is 4.74 Å². The third-order valence-electron chi connectivity index (χ3n) is 2.82. The van der Waals surface area contributed by atoms with E-state index in [1.165, 1.54) is 5.56 Å². The van der Waals surface area contributed by atoms with Crippen LogP contribution in [0, 0.1) is 6.92 Å². The number of hydrogen-bond donors (Lipinski definition) is 1. The molecule has 100 valence electrons. The van der Waals surface area contributed by atoms with Crippen LogP contribution in [0.25, 0.3) is 11.3 Å². The van der Waals surface area contributed by atoms with Gasteiger partial charge in [-0.05, 0) is 19.4 Å². The molecule has 0 fully saturated rings. The van der Waals surface area contributed by atoms with Gasteiger partial charge in [0.1, 0.15) is 12.4 Å². The first kappa shape index (κ1) is 13.5. The summed E-state index contributed by atoms with van der Waals surface area (Å²) in [5.74, 6) is 1.53. The van der Waals surface area contributed by atoms with Crippen LogP contribution in [0.1, 0.15) is 18.3 Å². The van der Waals surface area contributed by atoms with Crippen LogP contribution < -0.4 is 5.32 Å². The maximum absolute atomic E-state index is 5.13. The van der Waals surface area contributed by atoms with Crippen molar-refractivity contribution in [1.82, 2.24) is 9.97 Å². The molecule has 0 spiro atoms. The summed E-state index contributed by atoms with van der Waals surface area (Å²) in [7, 11) is 1.65. The highest BCUT2D eigenvalue weighted by Gasteiger charge is 2.08. The van der Waals surface area contributed by atoms with Gasteiger partial charge in [0.25, 0.3) is 0 Å². The highest BCUT2D eigenvalue weighted by Crippen LogP contribution is 2.23. The Morgan fingerprint density at radius 2 is 2.00 bits per heavy atom. The van der Waals surface area contributed by atoms with Crippen molar-refractivity contribution >= 4 is 5.82 Å². The van der Waals surface area contributed by atoms with E-state index in [4.69, 9.17) is 4.74 Å². The SMILES string of the molecule is CCNc1cc(-c2ccccc2C)nc(COC)n1. The number of benzene rings is 1. The van der Waals surface area contributed by atoms with Crippen LogP contribution in [0.5, 0.6) is 0 Å². The number of rotatable bonds is 5. The van der Waals surface area contributed by atoms with Crippen LogP contribution in [-0.2, 0) is 11.3 Å². The van der Waals surface area contributed by atoms with Gasteiger partial charge in [0.05, 0.1) is 5.69 Å². The average Bonchev–Trinajstić information content (AvgIpc) is 2.40. The van der Waals surface area contributed by atoms with Crippen LogP contribution >= 0.6 is 0 Å². The fourth-order valence-electron chi connectivity index (χ4n) is 1.96. The highest BCUT2D eigenvalue weighted by molar-refractivity contribution is 5.65. The summed E-state index contributed by atoms with van der Waals surface area (Å²) in [4.78, 5) is 8.98. The first-order valence-corrected chi connectivity index (χ1v) is 6.41. The Morgan fingerprint density at radius 3 is 2.68 bits per heavy atom. The number of hydrogen-bond acceptors (Lipinski definition) is 4. The molecule has 1 aromatic carbocycles. The molecule has 0 amide bonds. The van der Waals surface area contributed by atoms with E-state index in [0.29, 0.717) is 12.4 Å². The fraction of sp³-hybridized carbons (Fsp3) is 0.333. The number of ether oxygens (including phenoxy) is 1. The molecule has 1 aromatic heterocycles. The molecule has 0 aliphatic heterocycles. The van der Waals surface area contributed by atoms with Crippen molar-refractivity contribution in [2.24, 2.45) is 0 Å². The molecule has 0 saturated heterocycles. The van der Waals surface area contributed by atoms with Gasteiger partial charge < -0.3 is 10.1 Å². The van der Waals surface area contributed by atoms with E-state index in [0.717, 1.165) is 23.6 Å². The standard InChI is InChI=1S/C15H19N3O/c1-4-16-14-9-13(17-15(18-14)10-19-3)12-8-6-5-7-11(12)2/h5-9H,4,10H2,1-3H3,(H,16,17,18). The summed E-state index contributed by atoms with van der Waals surface area (Å²) in [5, 5.41) is 3.23. The topological polar surface area (TPSA) is 47.0 Å². The summed E-state index contributed by atoms with van der Waals surface area (Å²) >= 11 is 0. The Morgan fingerprint density at radius 1 is 1.21 bits per heavy atom. The van der Waals surface area contributed by atoms with E-state index < -0.39 is 0 Å². The summed E-state index contributed by atoms with van der Waals surface area (Å²) < 4.78 is 5.13. The first-order chi connectivity index (χ1) is 9.24. The van der Waals surface area contributed by atoms with E-state index in [-0.39, 0.29) is 0 Å². The second-order valence-electron chi connectivity index (χ2n) is 4.33. The van der Waals surface area contributed by atoms with Gasteiger partial charge in [-0.3, -0.25) is 0 Å². The largest absolute Gasteiger partial charge is 0.377 e. The van der Waals surface area contributed by atoms with E-state index in [9.17, 15) is 0 Å². The van der Waals surface area contributed by atoms with Crippen molar-refractivity contribution in [1.29, 1.82) is 0 Å². The molecule has 0 bridgehead atoms. The molecule has 1 heterocycles. The Bertz CT molecular complexity index is 531. The van der Waals surface area contributed by atoms with Crippen LogP contribution in [0.2, 0.25) is 0 Å². The van der Waals surface area contributed by atoms with Crippen LogP contribution in [0.3, 0.4) is 0 Å². The van der Waals surface area contributed by atoms with Gasteiger partial charge >= 0.3 is 0 Å². The predicted octanol–water partition coefficient (Wildman–Crippen LogP) is 3.03. The summed E-state index contributed by atoms with van der Waals surface area (Å²) in [6, 6.07) is 10.2. The zero-order chi connectivity index (χ0) is 13.7. The van der Waals surface area contributed by atoms with Gasteiger partial charge in [-0.15, -0.1) is 0 Å². The highest BCUT2D eigenvalue weighted by atomic mass is 16.5. The fourth-order valence-corrected chi connectivity index (χ4v) is 1.96. The second kappa shape index (κ2) is 6.29. The molecule has 0 saturated carbocycles. The minimum Gasteiger partial charge on any atom is -0.377 e. The molecular formula is C15H19N3O. The molecule has 0 atom stereocenters. The molecule has 2 rings (SSSR count). The molecule has 0 radical (unpaired) electrons. The van der Waals surface area contributed by atoms with Crippen molar-refractivity contribution in [2.75, 3.05) is 19.0 Å². The number of nitrogens with zero attached hydrogens (tertiary/aromatic N) is 2. The zero-order valence-corrected chi connectivity index (χ0v) is 11.6. The molecule has 0 unspecified atom stereocenters. The van der Waals surface area contributed by atoms with Gasteiger partial charge in [-0.25, -0.2) is 9.97 Å². The van der Waals surface area contributed by atoms with Crippen molar-refractivity contribution in [2.45, 2.75) is 20.5 Å². The molecule has 1 N–H and O–H groups in total. The van der Waals surface area contributed by atoms with Crippen molar-refractivity contribution in [3.05, 3.63) is 41.7 Å². The minimum atomic E-state index is 0.415. The molecule has 19 heavy (non-hydrogen) atoms. The Kier molecular flexibility index (Phi) is 4.47. The van der Waals surface area contributed by atoms with E-state index in [1.807, 2.05) is 25.1 Å². The van der Waals surface area contributed by atoms with Crippen LogP contribution in [0.4, 0.5) is 5.82 Å². The third-order valence-corrected chi connectivity index (χ3v) is 2.82. The van der Waals surface area contributed by atoms with Gasteiger partial charge in [-0.2, -0.15) is 0 Å². The lowest BCUT2D eigenvalue weighted by Crippen LogP contribution is -2.05. The van der Waals surface area contributed by atoms with Crippen LogP contribution in [-0.4, -0.2) is 23.6 Å². The van der Waals surface area contributed by atoms with E-state index in [1.54, 1.807) is 7.11 Å². The number of nitrogens with one attached hydrogen (secondary N) is 1.